The largest absolute Gasteiger partial charge is 0.472 e. The summed E-state index contributed by atoms with van der Waals surface area (Å²) in [5.74, 6) is -0.183. The highest BCUT2D eigenvalue weighted by atomic mass is 31.2. The second-order valence-electron chi connectivity index (χ2n) is 21.0. The van der Waals surface area contributed by atoms with Crippen molar-refractivity contribution in [3.63, 3.8) is 0 Å². The second kappa shape index (κ2) is 49.7. The normalized spacial score (nSPS) is 14.2. The Bertz CT molecular complexity index is 1190. The zero-order valence-electron chi connectivity index (χ0n) is 45.2. The van der Waals surface area contributed by atoms with Crippen molar-refractivity contribution in [2.45, 2.75) is 289 Å². The smallest absolute Gasteiger partial charge is 0.387 e. The van der Waals surface area contributed by atoms with Gasteiger partial charge in [0.25, 0.3) is 0 Å². The highest BCUT2D eigenvalue weighted by Crippen LogP contribution is 2.43. The molecule has 0 spiro atoms. The Hall–Kier alpha value is -1.28. The van der Waals surface area contributed by atoms with Crippen LogP contribution in [0.1, 0.15) is 277 Å². The first kappa shape index (κ1) is 65.7. The van der Waals surface area contributed by atoms with Gasteiger partial charge in [0.1, 0.15) is 13.2 Å². The Labute approximate surface area is 417 Å². The Morgan fingerprint density at radius 1 is 0.493 bits per heavy atom. The molecule has 3 unspecified atom stereocenters. The molecule has 0 saturated carbocycles. The summed E-state index contributed by atoms with van der Waals surface area (Å²) in [6.45, 7) is 4.82. The molecule has 0 rings (SSSR count). The van der Waals surface area contributed by atoms with Gasteiger partial charge in [-0.3, -0.25) is 13.8 Å². The summed E-state index contributed by atoms with van der Waals surface area (Å²) in [6, 6.07) is -0.862. The van der Waals surface area contributed by atoms with Crippen molar-refractivity contribution in [2.75, 3.05) is 40.9 Å². The van der Waals surface area contributed by atoms with Gasteiger partial charge in [0, 0.05) is 6.42 Å². The average Bonchev–Trinajstić information content (AvgIpc) is 3.29. The third-order valence-corrected chi connectivity index (χ3v) is 14.1. The Morgan fingerprint density at radius 3 is 1.19 bits per heavy atom. The monoisotopic (exact) mass is 966 g/mol. The van der Waals surface area contributed by atoms with Gasteiger partial charge < -0.3 is 19.8 Å². The van der Waals surface area contributed by atoms with Crippen LogP contribution >= 0.6 is 7.82 Å². The predicted octanol–water partition coefficient (Wildman–Crippen LogP) is 17.4. The molecule has 1 amide bonds. The van der Waals surface area contributed by atoms with Crippen LogP contribution in [-0.2, 0) is 18.4 Å². The van der Waals surface area contributed by atoms with E-state index < -0.39 is 20.0 Å². The Balaban J connectivity index is 4.18. The summed E-state index contributed by atoms with van der Waals surface area (Å²) < 4.78 is 23.7. The number of amides is 1. The molecule has 67 heavy (non-hydrogen) atoms. The van der Waals surface area contributed by atoms with Crippen LogP contribution in [0.4, 0.5) is 0 Å². The van der Waals surface area contributed by atoms with Crippen LogP contribution in [0.2, 0.25) is 0 Å². The number of nitrogens with one attached hydrogen (secondary N) is 1. The van der Waals surface area contributed by atoms with Gasteiger partial charge in [-0.25, -0.2) is 4.57 Å². The molecular weight excluding hydrogens is 852 g/mol. The Kier molecular flexibility index (Phi) is 48.7. The molecule has 3 N–H and O–H groups in total. The minimum Gasteiger partial charge on any atom is -0.387 e. The fraction of sp³-hybridized carbons (Fsp3) is 0.879. The highest BCUT2D eigenvalue weighted by molar-refractivity contribution is 7.47. The van der Waals surface area contributed by atoms with Crippen LogP contribution < -0.4 is 5.32 Å². The number of hydrogen-bond acceptors (Lipinski definition) is 5. The first-order valence-electron chi connectivity index (χ1n) is 28.9. The minimum absolute atomic E-state index is 0.0573. The lowest BCUT2D eigenvalue weighted by Gasteiger charge is -2.25. The van der Waals surface area contributed by atoms with E-state index in [4.69, 9.17) is 9.05 Å². The van der Waals surface area contributed by atoms with Crippen molar-refractivity contribution < 1.29 is 32.9 Å². The van der Waals surface area contributed by atoms with Crippen molar-refractivity contribution in [1.82, 2.24) is 5.32 Å². The lowest BCUT2D eigenvalue weighted by atomic mass is 10.0. The van der Waals surface area contributed by atoms with Crippen LogP contribution in [-0.4, -0.2) is 73.4 Å². The number of phosphoric acid groups is 1. The van der Waals surface area contributed by atoms with E-state index in [2.05, 4.69) is 43.5 Å². The van der Waals surface area contributed by atoms with Gasteiger partial charge in [-0.1, -0.05) is 249 Å². The fourth-order valence-corrected chi connectivity index (χ4v) is 9.26. The molecule has 8 nitrogen and oxygen atoms in total. The highest BCUT2D eigenvalue weighted by Gasteiger charge is 2.27. The van der Waals surface area contributed by atoms with Crippen LogP contribution in [0.25, 0.3) is 0 Å². The lowest BCUT2D eigenvalue weighted by molar-refractivity contribution is -0.870. The van der Waals surface area contributed by atoms with Gasteiger partial charge in [-0.15, -0.1) is 0 Å². The molecule has 0 heterocycles. The lowest BCUT2D eigenvalue weighted by Crippen LogP contribution is -2.45. The molecule has 396 valence electrons. The fourth-order valence-electron chi connectivity index (χ4n) is 8.53. The molecule has 0 bridgehead atoms. The quantitative estimate of drug-likeness (QED) is 0.0243. The number of carbonyl (C=O) groups is 1. The van der Waals surface area contributed by atoms with E-state index in [9.17, 15) is 19.4 Å². The van der Waals surface area contributed by atoms with Crippen molar-refractivity contribution in [2.24, 2.45) is 0 Å². The maximum absolute atomic E-state index is 13.0. The van der Waals surface area contributed by atoms with Gasteiger partial charge in [-0.05, 0) is 57.8 Å². The molecule has 0 aromatic carbocycles. The number of unbranched alkanes of at least 4 members (excludes halogenated alkanes) is 36. The molecule has 0 saturated heterocycles. The van der Waals surface area contributed by atoms with Crippen molar-refractivity contribution in [1.29, 1.82) is 0 Å². The number of carbonyl (C=O) groups excluding carboxylic acids is 1. The van der Waals surface area contributed by atoms with E-state index in [0.29, 0.717) is 17.4 Å². The predicted molar refractivity (Wildman–Crippen MR) is 291 cm³/mol. The van der Waals surface area contributed by atoms with E-state index in [0.717, 1.165) is 38.5 Å². The van der Waals surface area contributed by atoms with Gasteiger partial charge in [0.2, 0.25) is 5.91 Å². The van der Waals surface area contributed by atoms with Crippen LogP contribution in [0, 0.1) is 0 Å². The van der Waals surface area contributed by atoms with Gasteiger partial charge >= 0.3 is 7.82 Å². The van der Waals surface area contributed by atoms with Crippen molar-refractivity contribution in [3.8, 4) is 0 Å². The van der Waals surface area contributed by atoms with Gasteiger partial charge in [-0.2, -0.15) is 0 Å². The van der Waals surface area contributed by atoms with Crippen LogP contribution in [0.15, 0.2) is 36.5 Å². The summed E-state index contributed by atoms with van der Waals surface area (Å²) in [5, 5.41) is 13.9. The molecule has 0 aromatic heterocycles. The number of nitrogens with zero attached hydrogens (tertiary/aromatic N) is 1. The van der Waals surface area contributed by atoms with E-state index >= 15 is 0 Å². The number of allylic oxidation sites excluding steroid dienone is 5. The molecular formula is C58H114N2O6P+. The topological polar surface area (TPSA) is 105 Å². The SMILES string of the molecule is CCCCCCCCCC/C=C\CCCCCCCCCCCCCCCCCC(=O)NC(COP(=O)(O)OCC[N+](C)(C)C)C(O)/C=C/CC/C=C/CCCCCCCCCCCCCC. The molecule has 0 radical (unpaired) electrons. The summed E-state index contributed by atoms with van der Waals surface area (Å²) >= 11 is 0. The second-order valence-corrected chi connectivity index (χ2v) is 22.5. The first-order chi connectivity index (χ1) is 32.5. The zero-order chi connectivity index (χ0) is 49.2. The molecule has 0 aliphatic rings. The number of phosphoric ester groups is 1. The number of aliphatic hydroxyl groups is 1. The zero-order valence-corrected chi connectivity index (χ0v) is 46.0. The number of aliphatic hydroxyl groups excluding tert-OH is 1. The third-order valence-electron chi connectivity index (χ3n) is 13.1. The first-order valence-corrected chi connectivity index (χ1v) is 30.4. The van der Waals surface area contributed by atoms with E-state index in [1.165, 1.54) is 218 Å². The summed E-state index contributed by atoms with van der Waals surface area (Å²) in [6.07, 6.45) is 63.9. The van der Waals surface area contributed by atoms with E-state index in [-0.39, 0.29) is 19.1 Å². The minimum atomic E-state index is -4.35. The summed E-state index contributed by atoms with van der Waals surface area (Å²) in [5.41, 5.74) is 0. The van der Waals surface area contributed by atoms with Crippen LogP contribution in [0.3, 0.4) is 0 Å². The molecule has 0 fully saturated rings. The van der Waals surface area contributed by atoms with E-state index in [1.807, 2.05) is 27.2 Å². The number of quaternary nitrogens is 1. The van der Waals surface area contributed by atoms with Gasteiger partial charge in [0.05, 0.1) is 39.9 Å². The number of hydrogen-bond donors (Lipinski definition) is 3. The third kappa shape index (κ3) is 52.4. The summed E-state index contributed by atoms with van der Waals surface area (Å²) in [7, 11) is 1.56. The number of rotatable bonds is 53. The maximum atomic E-state index is 13.0. The molecule has 9 heteroatoms. The standard InChI is InChI=1S/C58H113N2O6P/c1-6-8-10-12-14-16-18-20-22-24-26-27-28-29-30-31-32-33-34-36-38-40-42-44-46-48-50-52-58(62)59-56(55-66-67(63,64)65-54-53-60(3,4)5)57(61)51-49-47-45-43-41-39-37-35-25-23-21-19-17-15-13-11-9-7-2/h24,26,41,43,49,51,56-57,61H,6-23,25,27-40,42,44-48,50,52-55H2,1-5H3,(H-,59,62,63,64)/p+1/b26-24-,43-41+,51-49+. The molecule has 3 atom stereocenters. The average molecular weight is 967 g/mol. The molecule has 0 aromatic rings. The van der Waals surface area contributed by atoms with Gasteiger partial charge in [0.15, 0.2) is 0 Å². The molecule has 0 aliphatic carbocycles. The summed E-state index contributed by atoms with van der Waals surface area (Å²) in [4.78, 5) is 23.3. The molecule has 0 aliphatic heterocycles. The number of likely N-dealkylation sites (N-methyl/N-ethyl adjacent to an activating group) is 1. The Morgan fingerprint density at radius 2 is 0.821 bits per heavy atom. The maximum Gasteiger partial charge on any atom is 0.472 e. The van der Waals surface area contributed by atoms with E-state index in [1.54, 1.807) is 6.08 Å². The van der Waals surface area contributed by atoms with Crippen LogP contribution in [0.5, 0.6) is 0 Å². The van der Waals surface area contributed by atoms with Crippen molar-refractivity contribution in [3.05, 3.63) is 36.5 Å². The van der Waals surface area contributed by atoms with Crippen molar-refractivity contribution >= 4 is 13.7 Å².